The summed E-state index contributed by atoms with van der Waals surface area (Å²) < 4.78 is 0.156. The van der Waals surface area contributed by atoms with Gasteiger partial charge in [-0.25, -0.2) is 0 Å². The van der Waals surface area contributed by atoms with E-state index in [1.54, 1.807) is 6.07 Å². The van der Waals surface area contributed by atoms with Crippen molar-refractivity contribution in [2.75, 3.05) is 4.90 Å². The molecular weight excluding hydrogens is 364 g/mol. The number of phenols is 2. The van der Waals surface area contributed by atoms with Gasteiger partial charge >= 0.3 is 0 Å². The average molecular weight is 374 g/mol. The van der Waals surface area contributed by atoms with Gasteiger partial charge in [0.15, 0.2) is 4.32 Å². The van der Waals surface area contributed by atoms with E-state index in [9.17, 15) is 25.1 Å². The Morgan fingerprint density at radius 3 is 2.60 bits per heavy atom. The third-order valence-electron chi connectivity index (χ3n) is 3.41. The van der Waals surface area contributed by atoms with Crippen LogP contribution in [-0.2, 0) is 4.79 Å². The van der Waals surface area contributed by atoms with Crippen LogP contribution in [0.1, 0.15) is 5.56 Å². The monoisotopic (exact) mass is 374 g/mol. The summed E-state index contributed by atoms with van der Waals surface area (Å²) in [6, 6.07) is 9.79. The Kier molecular flexibility index (Phi) is 4.43. The van der Waals surface area contributed by atoms with Gasteiger partial charge in [-0.15, -0.1) is 0 Å². The lowest BCUT2D eigenvalue weighted by Crippen LogP contribution is -2.28. The number of thioether (sulfide) groups is 1. The number of hydrogen-bond acceptors (Lipinski definition) is 7. The Hall–Kier alpha value is -2.91. The van der Waals surface area contributed by atoms with Gasteiger partial charge in [-0.1, -0.05) is 36.1 Å². The fourth-order valence-electron chi connectivity index (χ4n) is 2.28. The number of nitrogens with zero attached hydrogens (tertiary/aromatic N) is 2. The highest BCUT2D eigenvalue weighted by Crippen LogP contribution is 2.40. The Bertz CT molecular complexity index is 942. The molecular formula is C16H10N2O5S2. The van der Waals surface area contributed by atoms with Crippen LogP contribution in [-0.4, -0.2) is 25.4 Å². The fraction of sp³-hybridized carbons (Fsp3) is 0. The first-order chi connectivity index (χ1) is 11.9. The molecule has 1 heterocycles. The summed E-state index contributed by atoms with van der Waals surface area (Å²) in [6.07, 6.45) is 1.42. The van der Waals surface area contributed by atoms with Gasteiger partial charge in [0, 0.05) is 17.7 Å². The molecule has 9 heteroatoms. The molecule has 0 aliphatic carbocycles. The van der Waals surface area contributed by atoms with Crippen molar-refractivity contribution in [2.45, 2.75) is 0 Å². The molecule has 0 spiro atoms. The molecule has 2 N–H and O–H groups in total. The first-order valence-corrected chi connectivity index (χ1v) is 8.14. The Morgan fingerprint density at radius 1 is 1.20 bits per heavy atom. The SMILES string of the molecule is O=C1/C(=C/c2ccc(O)cc2O)SC(=S)N1c1ccccc1[N+](=O)[O-]. The molecule has 126 valence electrons. The first kappa shape index (κ1) is 16.9. The van der Waals surface area contributed by atoms with Gasteiger partial charge in [0.25, 0.3) is 11.6 Å². The number of rotatable bonds is 3. The van der Waals surface area contributed by atoms with Crippen molar-refractivity contribution in [3.63, 3.8) is 0 Å². The molecule has 1 saturated heterocycles. The third kappa shape index (κ3) is 3.19. The van der Waals surface area contributed by atoms with Gasteiger partial charge in [-0.05, 0) is 24.3 Å². The van der Waals surface area contributed by atoms with Gasteiger partial charge in [0.2, 0.25) is 0 Å². The molecule has 7 nitrogen and oxygen atoms in total. The van der Waals surface area contributed by atoms with Crippen molar-refractivity contribution in [1.29, 1.82) is 0 Å². The number of anilines is 1. The molecule has 25 heavy (non-hydrogen) atoms. The molecule has 0 radical (unpaired) electrons. The number of para-hydroxylation sites is 2. The number of carbonyl (C=O) groups excluding carboxylic acids is 1. The van der Waals surface area contributed by atoms with E-state index in [4.69, 9.17) is 12.2 Å². The van der Waals surface area contributed by atoms with Gasteiger partial charge < -0.3 is 10.2 Å². The van der Waals surface area contributed by atoms with Gasteiger partial charge in [-0.3, -0.25) is 19.8 Å². The first-order valence-electron chi connectivity index (χ1n) is 6.92. The molecule has 1 aliphatic rings. The maximum atomic E-state index is 12.7. The summed E-state index contributed by atoms with van der Waals surface area (Å²) in [4.78, 5) is 24.6. The van der Waals surface area contributed by atoms with Crippen LogP contribution in [0.15, 0.2) is 47.4 Å². The molecule has 0 atom stereocenters. The van der Waals surface area contributed by atoms with Crippen molar-refractivity contribution in [1.82, 2.24) is 0 Å². The standard InChI is InChI=1S/C16H10N2O5S2/c19-10-6-5-9(13(20)8-10)7-14-15(21)17(16(24)25-14)11-3-1-2-4-12(11)18(22)23/h1-8,19-20H/b14-7-. The highest BCUT2D eigenvalue weighted by Gasteiger charge is 2.36. The fourth-order valence-corrected chi connectivity index (χ4v) is 3.55. The summed E-state index contributed by atoms with van der Waals surface area (Å²) in [5.74, 6) is -0.824. The average Bonchev–Trinajstić information content (AvgIpc) is 2.84. The molecule has 0 saturated carbocycles. The van der Waals surface area contributed by atoms with Gasteiger partial charge in [-0.2, -0.15) is 0 Å². The predicted octanol–water partition coefficient (Wildman–Crippen LogP) is 3.41. The van der Waals surface area contributed by atoms with Crippen LogP contribution in [0.3, 0.4) is 0 Å². The molecule has 0 bridgehead atoms. The van der Waals surface area contributed by atoms with E-state index in [-0.39, 0.29) is 32.1 Å². The number of carbonyl (C=O) groups is 1. The lowest BCUT2D eigenvalue weighted by Gasteiger charge is -2.14. The molecule has 3 rings (SSSR count). The van der Waals surface area contributed by atoms with E-state index in [1.165, 1.54) is 36.4 Å². The molecule has 1 amide bonds. The minimum absolute atomic E-state index is 0.0910. The van der Waals surface area contributed by atoms with Crippen LogP contribution < -0.4 is 4.90 Å². The van der Waals surface area contributed by atoms with Crippen LogP contribution in [0.5, 0.6) is 11.5 Å². The van der Waals surface area contributed by atoms with Crippen LogP contribution in [0.25, 0.3) is 6.08 Å². The minimum Gasteiger partial charge on any atom is -0.508 e. The van der Waals surface area contributed by atoms with Crippen molar-refractivity contribution < 1.29 is 19.9 Å². The maximum absolute atomic E-state index is 12.7. The summed E-state index contributed by atoms with van der Waals surface area (Å²) in [7, 11) is 0. The van der Waals surface area contributed by atoms with E-state index in [2.05, 4.69) is 0 Å². The largest absolute Gasteiger partial charge is 0.508 e. The smallest absolute Gasteiger partial charge is 0.293 e. The number of thiocarbonyl (C=S) groups is 1. The zero-order valence-electron chi connectivity index (χ0n) is 12.4. The van der Waals surface area contributed by atoms with Crippen LogP contribution in [0, 0.1) is 10.1 Å². The molecule has 1 aliphatic heterocycles. The number of aromatic hydroxyl groups is 2. The molecule has 2 aromatic carbocycles. The second kappa shape index (κ2) is 6.54. The van der Waals surface area contributed by atoms with E-state index < -0.39 is 10.8 Å². The van der Waals surface area contributed by atoms with E-state index >= 15 is 0 Å². The highest BCUT2D eigenvalue weighted by molar-refractivity contribution is 8.27. The molecule has 0 aromatic heterocycles. The molecule has 0 unspecified atom stereocenters. The van der Waals surface area contributed by atoms with Crippen molar-refractivity contribution in [3.05, 3.63) is 63.0 Å². The Morgan fingerprint density at radius 2 is 1.92 bits per heavy atom. The predicted molar refractivity (Wildman–Crippen MR) is 98.5 cm³/mol. The lowest BCUT2D eigenvalue weighted by atomic mass is 10.1. The van der Waals surface area contributed by atoms with Crippen molar-refractivity contribution >= 4 is 51.7 Å². The minimum atomic E-state index is -0.580. The van der Waals surface area contributed by atoms with Crippen molar-refractivity contribution in [3.8, 4) is 11.5 Å². The number of nitro benzene ring substituents is 1. The Balaban J connectivity index is 2.01. The normalized spacial score (nSPS) is 15.8. The van der Waals surface area contributed by atoms with Crippen LogP contribution in [0.4, 0.5) is 11.4 Å². The zero-order valence-corrected chi connectivity index (χ0v) is 14.1. The molecule has 2 aromatic rings. The number of nitro groups is 1. The number of benzene rings is 2. The van der Waals surface area contributed by atoms with E-state index in [1.807, 2.05) is 0 Å². The van der Waals surface area contributed by atoms with Crippen molar-refractivity contribution in [2.24, 2.45) is 0 Å². The highest BCUT2D eigenvalue weighted by atomic mass is 32.2. The number of amides is 1. The summed E-state index contributed by atoms with van der Waals surface area (Å²) >= 11 is 6.17. The van der Waals surface area contributed by atoms with Gasteiger partial charge in [0.1, 0.15) is 17.2 Å². The summed E-state index contributed by atoms with van der Waals surface area (Å²) in [5.41, 5.74) is 0.182. The third-order valence-corrected chi connectivity index (χ3v) is 4.72. The lowest BCUT2D eigenvalue weighted by molar-refractivity contribution is -0.384. The second-order valence-electron chi connectivity index (χ2n) is 5.01. The van der Waals surface area contributed by atoms with Crippen LogP contribution >= 0.6 is 24.0 Å². The summed E-state index contributed by atoms with van der Waals surface area (Å²) in [6.45, 7) is 0. The topological polar surface area (TPSA) is 104 Å². The quantitative estimate of drug-likeness (QED) is 0.367. The summed E-state index contributed by atoms with van der Waals surface area (Å²) in [5, 5.41) is 30.3. The number of hydrogen-bond donors (Lipinski definition) is 2. The maximum Gasteiger partial charge on any atom is 0.293 e. The van der Waals surface area contributed by atoms with Gasteiger partial charge in [0.05, 0.1) is 9.83 Å². The van der Waals surface area contributed by atoms with Crippen LogP contribution in [0.2, 0.25) is 0 Å². The molecule has 1 fully saturated rings. The second-order valence-corrected chi connectivity index (χ2v) is 6.68. The van der Waals surface area contributed by atoms with E-state index in [0.717, 1.165) is 22.7 Å². The van der Waals surface area contributed by atoms with E-state index in [0.29, 0.717) is 5.56 Å². The zero-order chi connectivity index (χ0) is 18.1. The Labute approximate surface area is 151 Å². The number of phenolic OH excluding ortho intramolecular Hbond substituents is 2.